The predicted molar refractivity (Wildman–Crippen MR) is 76.5 cm³/mol. The standard InChI is InChI=1S/C15H14N2O4/c1-21-12-4-2-10(3-5-12)8-14(18)17-13-9-11(15(19)20)6-7-16-13/h2-7,9H,8H2,1H3,(H,19,20)(H,16,17,18). The molecule has 6 heteroatoms. The van der Waals surface area contributed by atoms with Crippen molar-refractivity contribution in [2.24, 2.45) is 0 Å². The summed E-state index contributed by atoms with van der Waals surface area (Å²) in [7, 11) is 1.57. The van der Waals surface area contributed by atoms with Crippen molar-refractivity contribution in [3.8, 4) is 5.75 Å². The number of ether oxygens (including phenoxy) is 1. The Morgan fingerprint density at radius 1 is 1.24 bits per heavy atom. The molecule has 0 unspecified atom stereocenters. The third-order valence-electron chi connectivity index (χ3n) is 2.80. The van der Waals surface area contributed by atoms with Crippen molar-refractivity contribution in [2.75, 3.05) is 12.4 Å². The number of carbonyl (C=O) groups is 2. The molecule has 0 fully saturated rings. The highest BCUT2D eigenvalue weighted by Gasteiger charge is 2.08. The van der Waals surface area contributed by atoms with Crippen LogP contribution < -0.4 is 10.1 Å². The summed E-state index contributed by atoms with van der Waals surface area (Å²) in [6.45, 7) is 0. The van der Waals surface area contributed by atoms with E-state index in [1.165, 1.54) is 18.3 Å². The average molecular weight is 286 g/mol. The number of carboxylic acid groups (broad SMARTS) is 1. The minimum absolute atomic E-state index is 0.0738. The lowest BCUT2D eigenvalue weighted by Gasteiger charge is -2.06. The maximum absolute atomic E-state index is 11.9. The number of carbonyl (C=O) groups excluding carboxylic acids is 1. The van der Waals surface area contributed by atoms with E-state index in [9.17, 15) is 9.59 Å². The highest BCUT2D eigenvalue weighted by molar-refractivity contribution is 5.93. The van der Waals surface area contributed by atoms with Gasteiger partial charge in [-0.05, 0) is 29.8 Å². The van der Waals surface area contributed by atoms with Crippen LogP contribution in [0, 0.1) is 0 Å². The van der Waals surface area contributed by atoms with E-state index >= 15 is 0 Å². The highest BCUT2D eigenvalue weighted by Crippen LogP contribution is 2.12. The summed E-state index contributed by atoms with van der Waals surface area (Å²) in [5, 5.41) is 11.4. The third-order valence-corrected chi connectivity index (χ3v) is 2.80. The largest absolute Gasteiger partial charge is 0.497 e. The topological polar surface area (TPSA) is 88.5 Å². The Bertz CT molecular complexity index is 653. The number of carboxylic acids is 1. The molecule has 0 bridgehead atoms. The SMILES string of the molecule is COc1ccc(CC(=O)Nc2cc(C(=O)O)ccn2)cc1. The zero-order chi connectivity index (χ0) is 15.2. The van der Waals surface area contributed by atoms with Crippen molar-refractivity contribution in [3.05, 3.63) is 53.7 Å². The van der Waals surface area contributed by atoms with Gasteiger partial charge in [0.05, 0.1) is 19.1 Å². The zero-order valence-corrected chi connectivity index (χ0v) is 11.4. The number of methoxy groups -OCH3 is 1. The second-order valence-corrected chi connectivity index (χ2v) is 4.31. The van der Waals surface area contributed by atoms with Crippen LogP contribution in [0.1, 0.15) is 15.9 Å². The number of nitrogens with zero attached hydrogens (tertiary/aromatic N) is 1. The fraction of sp³-hybridized carbons (Fsp3) is 0.133. The molecule has 2 N–H and O–H groups in total. The number of aromatic nitrogens is 1. The molecule has 1 heterocycles. The Balaban J connectivity index is 2.00. The van der Waals surface area contributed by atoms with Crippen LogP contribution in [0.5, 0.6) is 5.75 Å². The number of rotatable bonds is 5. The monoisotopic (exact) mass is 286 g/mol. The number of anilines is 1. The molecule has 0 spiro atoms. The van der Waals surface area contributed by atoms with E-state index in [1.54, 1.807) is 31.4 Å². The van der Waals surface area contributed by atoms with E-state index in [0.717, 1.165) is 11.3 Å². The number of benzene rings is 1. The highest BCUT2D eigenvalue weighted by atomic mass is 16.5. The summed E-state index contributed by atoms with van der Waals surface area (Å²) in [6.07, 6.45) is 1.51. The molecule has 6 nitrogen and oxygen atoms in total. The fourth-order valence-electron chi connectivity index (χ4n) is 1.75. The van der Waals surface area contributed by atoms with E-state index in [2.05, 4.69) is 10.3 Å². The first kappa shape index (κ1) is 14.5. The smallest absolute Gasteiger partial charge is 0.335 e. The van der Waals surface area contributed by atoms with E-state index < -0.39 is 5.97 Å². The molecular formula is C15H14N2O4. The molecule has 2 rings (SSSR count). The molecule has 108 valence electrons. The maximum Gasteiger partial charge on any atom is 0.335 e. The number of hydrogen-bond donors (Lipinski definition) is 2. The summed E-state index contributed by atoms with van der Waals surface area (Å²) in [5.74, 6) is -0.401. The normalized spacial score (nSPS) is 9.95. The lowest BCUT2D eigenvalue weighted by molar-refractivity contribution is -0.115. The number of nitrogens with one attached hydrogen (secondary N) is 1. The molecule has 2 aromatic rings. The van der Waals surface area contributed by atoms with E-state index in [-0.39, 0.29) is 23.7 Å². The van der Waals surface area contributed by atoms with Gasteiger partial charge in [-0.15, -0.1) is 0 Å². The van der Waals surface area contributed by atoms with Crippen molar-refractivity contribution >= 4 is 17.7 Å². The van der Waals surface area contributed by atoms with Crippen molar-refractivity contribution in [3.63, 3.8) is 0 Å². The van der Waals surface area contributed by atoms with Crippen molar-refractivity contribution < 1.29 is 19.4 Å². The van der Waals surface area contributed by atoms with Gasteiger partial charge in [0.15, 0.2) is 0 Å². The molecule has 1 amide bonds. The first-order chi connectivity index (χ1) is 10.1. The maximum atomic E-state index is 11.9. The Morgan fingerprint density at radius 3 is 2.57 bits per heavy atom. The zero-order valence-electron chi connectivity index (χ0n) is 11.4. The minimum Gasteiger partial charge on any atom is -0.497 e. The molecule has 0 aliphatic carbocycles. The van der Waals surface area contributed by atoms with Crippen LogP contribution in [0.2, 0.25) is 0 Å². The molecule has 0 saturated carbocycles. The third kappa shape index (κ3) is 4.04. The number of aromatic carboxylic acids is 1. The van der Waals surface area contributed by atoms with Crippen LogP contribution in [-0.2, 0) is 11.2 Å². The molecule has 0 aliphatic rings. The molecular weight excluding hydrogens is 272 g/mol. The van der Waals surface area contributed by atoms with Gasteiger partial charge < -0.3 is 15.2 Å². The van der Waals surface area contributed by atoms with Crippen molar-refractivity contribution in [2.45, 2.75) is 6.42 Å². The van der Waals surface area contributed by atoms with Crippen LogP contribution in [0.15, 0.2) is 42.6 Å². The van der Waals surface area contributed by atoms with Crippen LogP contribution in [-0.4, -0.2) is 29.1 Å². The quantitative estimate of drug-likeness (QED) is 0.877. The molecule has 0 aliphatic heterocycles. The first-order valence-corrected chi connectivity index (χ1v) is 6.20. The summed E-state index contributed by atoms with van der Waals surface area (Å²) in [6, 6.07) is 9.80. The molecule has 0 saturated heterocycles. The van der Waals surface area contributed by atoms with Gasteiger partial charge in [-0.3, -0.25) is 4.79 Å². The molecule has 21 heavy (non-hydrogen) atoms. The van der Waals surface area contributed by atoms with Crippen LogP contribution in [0.4, 0.5) is 5.82 Å². The predicted octanol–water partition coefficient (Wildman–Crippen LogP) is 1.97. The Labute approximate surface area is 121 Å². The van der Waals surface area contributed by atoms with Crippen molar-refractivity contribution in [1.82, 2.24) is 4.98 Å². The second kappa shape index (κ2) is 6.51. The fourth-order valence-corrected chi connectivity index (χ4v) is 1.75. The van der Waals surface area contributed by atoms with Gasteiger partial charge in [0.2, 0.25) is 5.91 Å². The summed E-state index contributed by atoms with van der Waals surface area (Å²) in [5.41, 5.74) is 0.896. The van der Waals surface area contributed by atoms with E-state index in [0.29, 0.717) is 0 Å². The number of pyridine rings is 1. The Hall–Kier alpha value is -2.89. The van der Waals surface area contributed by atoms with Gasteiger partial charge >= 0.3 is 5.97 Å². The van der Waals surface area contributed by atoms with Gasteiger partial charge in [0, 0.05) is 6.20 Å². The second-order valence-electron chi connectivity index (χ2n) is 4.31. The molecule has 1 aromatic carbocycles. The van der Waals surface area contributed by atoms with Crippen LogP contribution >= 0.6 is 0 Å². The number of hydrogen-bond acceptors (Lipinski definition) is 4. The number of amides is 1. The van der Waals surface area contributed by atoms with Crippen LogP contribution in [0.3, 0.4) is 0 Å². The van der Waals surface area contributed by atoms with Crippen LogP contribution in [0.25, 0.3) is 0 Å². The van der Waals surface area contributed by atoms with Crippen molar-refractivity contribution in [1.29, 1.82) is 0 Å². The molecule has 0 radical (unpaired) electrons. The summed E-state index contributed by atoms with van der Waals surface area (Å²) < 4.78 is 5.04. The summed E-state index contributed by atoms with van der Waals surface area (Å²) >= 11 is 0. The summed E-state index contributed by atoms with van der Waals surface area (Å²) in [4.78, 5) is 26.6. The van der Waals surface area contributed by atoms with Gasteiger partial charge in [-0.25, -0.2) is 9.78 Å². The lowest BCUT2D eigenvalue weighted by atomic mass is 10.1. The minimum atomic E-state index is -1.07. The van der Waals surface area contributed by atoms with Gasteiger partial charge in [-0.2, -0.15) is 0 Å². The molecule has 0 atom stereocenters. The van der Waals surface area contributed by atoms with Gasteiger partial charge in [0.25, 0.3) is 0 Å². The lowest BCUT2D eigenvalue weighted by Crippen LogP contribution is -2.15. The van der Waals surface area contributed by atoms with E-state index in [1.807, 2.05) is 0 Å². The van der Waals surface area contributed by atoms with Gasteiger partial charge in [0.1, 0.15) is 11.6 Å². The molecule has 1 aromatic heterocycles. The Morgan fingerprint density at radius 2 is 1.95 bits per heavy atom. The Kier molecular flexibility index (Phi) is 4.50. The average Bonchev–Trinajstić information content (AvgIpc) is 2.48. The first-order valence-electron chi connectivity index (χ1n) is 6.20. The van der Waals surface area contributed by atoms with E-state index in [4.69, 9.17) is 9.84 Å². The van der Waals surface area contributed by atoms with Gasteiger partial charge in [-0.1, -0.05) is 12.1 Å².